The standard InChI is InChI=1S/C20H13ClN4O2/c21-12-4-7-16-15(9-12)17-18(27-16)19(23-13-5-6-13)24-20(26)25(17)14-3-1-2-11(8-14)10-22/h1-4,7-9,13H,5-6H2,(H,23,24,26). The maximum absolute atomic E-state index is 12.9. The van der Waals surface area contributed by atoms with Crippen molar-refractivity contribution in [3.63, 3.8) is 0 Å². The number of furan rings is 1. The molecule has 2 heterocycles. The van der Waals surface area contributed by atoms with Crippen molar-refractivity contribution in [2.75, 3.05) is 5.32 Å². The fraction of sp³-hybridized carbons (Fsp3) is 0.150. The van der Waals surface area contributed by atoms with Gasteiger partial charge in [0.2, 0.25) is 0 Å². The zero-order chi connectivity index (χ0) is 18.5. The van der Waals surface area contributed by atoms with Crippen LogP contribution in [-0.2, 0) is 0 Å². The van der Waals surface area contributed by atoms with Crippen LogP contribution in [0.2, 0.25) is 5.02 Å². The number of fused-ring (bicyclic) bond motifs is 3. The van der Waals surface area contributed by atoms with Crippen LogP contribution in [0.1, 0.15) is 18.4 Å². The fourth-order valence-corrected chi connectivity index (χ4v) is 3.38. The van der Waals surface area contributed by atoms with Gasteiger partial charge in [0, 0.05) is 16.5 Å². The summed E-state index contributed by atoms with van der Waals surface area (Å²) in [5.74, 6) is 0.442. The number of hydrogen-bond acceptors (Lipinski definition) is 5. The van der Waals surface area contributed by atoms with E-state index in [9.17, 15) is 10.1 Å². The van der Waals surface area contributed by atoms with Crippen molar-refractivity contribution in [1.82, 2.24) is 9.55 Å². The highest BCUT2D eigenvalue weighted by atomic mass is 35.5. The molecule has 1 aliphatic rings. The summed E-state index contributed by atoms with van der Waals surface area (Å²) >= 11 is 6.19. The van der Waals surface area contributed by atoms with E-state index in [1.54, 1.807) is 42.5 Å². The topological polar surface area (TPSA) is 83.8 Å². The smallest absolute Gasteiger partial charge is 0.354 e. The van der Waals surface area contributed by atoms with E-state index >= 15 is 0 Å². The lowest BCUT2D eigenvalue weighted by Crippen LogP contribution is -2.23. The minimum absolute atomic E-state index is 0.315. The first kappa shape index (κ1) is 15.9. The van der Waals surface area contributed by atoms with Crippen LogP contribution in [0.4, 0.5) is 5.82 Å². The maximum atomic E-state index is 12.9. The molecule has 6 nitrogen and oxygen atoms in total. The van der Waals surface area contributed by atoms with E-state index < -0.39 is 5.69 Å². The third kappa shape index (κ3) is 2.64. The Labute approximate surface area is 158 Å². The summed E-state index contributed by atoms with van der Waals surface area (Å²) in [6.45, 7) is 0. The predicted octanol–water partition coefficient (Wildman–Crippen LogP) is 4.23. The van der Waals surface area contributed by atoms with Gasteiger partial charge in [-0.1, -0.05) is 17.7 Å². The molecule has 132 valence electrons. The molecule has 4 aromatic rings. The van der Waals surface area contributed by atoms with Crippen LogP contribution >= 0.6 is 11.6 Å². The third-order valence-corrected chi connectivity index (χ3v) is 4.85. The first-order chi connectivity index (χ1) is 13.1. The van der Waals surface area contributed by atoms with Crippen LogP contribution in [0.3, 0.4) is 0 Å². The number of rotatable bonds is 3. The van der Waals surface area contributed by atoms with E-state index in [1.165, 1.54) is 4.57 Å². The van der Waals surface area contributed by atoms with Crippen molar-refractivity contribution < 1.29 is 4.42 Å². The zero-order valence-corrected chi connectivity index (χ0v) is 14.8. The first-order valence-corrected chi connectivity index (χ1v) is 8.94. The van der Waals surface area contributed by atoms with E-state index in [4.69, 9.17) is 16.0 Å². The number of nitrogens with zero attached hydrogens (tertiary/aromatic N) is 3. The Hall–Kier alpha value is -3.30. The second-order valence-corrected chi connectivity index (χ2v) is 7.02. The van der Waals surface area contributed by atoms with Gasteiger partial charge >= 0.3 is 5.69 Å². The van der Waals surface area contributed by atoms with Gasteiger partial charge in [0.05, 0.1) is 17.3 Å². The molecule has 0 aliphatic heterocycles. The Morgan fingerprint density at radius 2 is 2.11 bits per heavy atom. The summed E-state index contributed by atoms with van der Waals surface area (Å²) in [6, 6.07) is 14.5. The molecule has 5 rings (SSSR count). The molecule has 0 amide bonds. The Kier molecular flexibility index (Phi) is 3.46. The Morgan fingerprint density at radius 1 is 1.26 bits per heavy atom. The van der Waals surface area contributed by atoms with Crippen molar-refractivity contribution >= 4 is 39.5 Å². The van der Waals surface area contributed by atoms with Crippen molar-refractivity contribution in [2.24, 2.45) is 0 Å². The zero-order valence-electron chi connectivity index (χ0n) is 14.1. The van der Waals surface area contributed by atoms with Gasteiger partial charge in [-0.25, -0.2) is 4.79 Å². The molecule has 1 fully saturated rings. The molecule has 2 aromatic heterocycles. The fourth-order valence-electron chi connectivity index (χ4n) is 3.20. The molecule has 0 spiro atoms. The Bertz CT molecular complexity index is 1310. The molecule has 1 saturated carbocycles. The summed E-state index contributed by atoms with van der Waals surface area (Å²) in [7, 11) is 0. The number of nitrogens with one attached hydrogen (secondary N) is 1. The molecule has 0 bridgehead atoms. The Balaban J connectivity index is 1.90. The number of hydrogen-bond donors (Lipinski definition) is 1. The van der Waals surface area contributed by atoms with Gasteiger partial charge in [-0.2, -0.15) is 10.2 Å². The van der Waals surface area contributed by atoms with Crippen molar-refractivity contribution in [2.45, 2.75) is 18.9 Å². The van der Waals surface area contributed by atoms with Gasteiger partial charge in [-0.15, -0.1) is 0 Å². The molecule has 1 aliphatic carbocycles. The molecule has 0 atom stereocenters. The van der Waals surface area contributed by atoms with Gasteiger partial charge in [0.25, 0.3) is 0 Å². The molecule has 1 N–H and O–H groups in total. The summed E-state index contributed by atoms with van der Waals surface area (Å²) in [6.07, 6.45) is 2.09. The van der Waals surface area contributed by atoms with E-state index in [-0.39, 0.29) is 0 Å². The molecule has 0 unspecified atom stereocenters. The van der Waals surface area contributed by atoms with Crippen LogP contribution in [-0.4, -0.2) is 15.6 Å². The minimum Gasteiger partial charge on any atom is -0.450 e. The summed E-state index contributed by atoms with van der Waals surface area (Å²) in [5.41, 5.74) is 2.27. The highest BCUT2D eigenvalue weighted by Crippen LogP contribution is 2.35. The van der Waals surface area contributed by atoms with Crippen molar-refractivity contribution in [3.05, 3.63) is 63.5 Å². The predicted molar refractivity (Wildman–Crippen MR) is 103 cm³/mol. The lowest BCUT2D eigenvalue weighted by Gasteiger charge is -2.10. The summed E-state index contributed by atoms with van der Waals surface area (Å²) in [4.78, 5) is 17.2. The summed E-state index contributed by atoms with van der Waals surface area (Å²) in [5, 5.41) is 13.7. The second kappa shape index (κ2) is 5.86. The van der Waals surface area contributed by atoms with Crippen LogP contribution < -0.4 is 11.0 Å². The quantitative estimate of drug-likeness (QED) is 0.578. The average Bonchev–Trinajstić information content (AvgIpc) is 3.41. The second-order valence-electron chi connectivity index (χ2n) is 6.58. The normalized spacial score (nSPS) is 13.8. The van der Waals surface area contributed by atoms with Crippen LogP contribution in [0.5, 0.6) is 0 Å². The van der Waals surface area contributed by atoms with Gasteiger partial charge in [-0.05, 0) is 49.2 Å². The molecule has 2 aromatic carbocycles. The van der Waals surface area contributed by atoms with E-state index in [2.05, 4.69) is 16.4 Å². The summed E-state index contributed by atoms with van der Waals surface area (Å²) < 4.78 is 7.50. The monoisotopic (exact) mass is 376 g/mol. The van der Waals surface area contributed by atoms with Gasteiger partial charge in [-0.3, -0.25) is 4.57 Å². The number of anilines is 1. The van der Waals surface area contributed by atoms with Crippen LogP contribution in [0, 0.1) is 11.3 Å². The Morgan fingerprint density at radius 3 is 2.89 bits per heavy atom. The molecular weight excluding hydrogens is 364 g/mol. The highest BCUT2D eigenvalue weighted by molar-refractivity contribution is 6.31. The molecule has 0 radical (unpaired) electrons. The van der Waals surface area contributed by atoms with Crippen molar-refractivity contribution in [1.29, 1.82) is 5.26 Å². The first-order valence-electron chi connectivity index (χ1n) is 8.56. The van der Waals surface area contributed by atoms with E-state index in [0.717, 1.165) is 18.2 Å². The van der Waals surface area contributed by atoms with Gasteiger partial charge in [0.15, 0.2) is 11.4 Å². The van der Waals surface area contributed by atoms with Gasteiger partial charge < -0.3 is 9.73 Å². The van der Waals surface area contributed by atoms with E-state index in [0.29, 0.717) is 44.8 Å². The lowest BCUT2D eigenvalue weighted by atomic mass is 10.2. The number of nitriles is 1. The molecule has 7 heteroatoms. The maximum Gasteiger partial charge on any atom is 0.354 e. The SMILES string of the molecule is N#Cc1cccc(-n2c(=O)nc(NC3CC3)c3oc4ccc(Cl)cc4c32)c1. The third-order valence-electron chi connectivity index (χ3n) is 4.61. The van der Waals surface area contributed by atoms with Gasteiger partial charge in [0.1, 0.15) is 11.1 Å². The molecule has 27 heavy (non-hydrogen) atoms. The molecular formula is C20H13ClN4O2. The average molecular weight is 377 g/mol. The van der Waals surface area contributed by atoms with E-state index in [1.807, 2.05) is 0 Å². The highest BCUT2D eigenvalue weighted by Gasteiger charge is 2.26. The minimum atomic E-state index is -0.441. The van der Waals surface area contributed by atoms with Crippen LogP contribution in [0.25, 0.3) is 27.8 Å². The van der Waals surface area contributed by atoms with Crippen molar-refractivity contribution in [3.8, 4) is 11.8 Å². The number of aromatic nitrogens is 2. The number of benzene rings is 2. The number of halogens is 1. The lowest BCUT2D eigenvalue weighted by molar-refractivity contribution is 0.664. The molecule has 0 saturated heterocycles. The largest absolute Gasteiger partial charge is 0.450 e. The van der Waals surface area contributed by atoms with Crippen LogP contribution in [0.15, 0.2) is 51.7 Å².